The lowest BCUT2D eigenvalue weighted by atomic mass is 9.67. The number of ether oxygens (including phenoxy) is 1. The van der Waals surface area contributed by atoms with Crippen molar-refractivity contribution in [3.8, 4) is 0 Å². The van der Waals surface area contributed by atoms with Gasteiger partial charge in [-0.1, -0.05) is 18.2 Å². The summed E-state index contributed by atoms with van der Waals surface area (Å²) in [7, 11) is 0. The Hall–Kier alpha value is -1.85. The Balaban J connectivity index is 1.75. The molecule has 120 valence electrons. The molecule has 1 aromatic heterocycles. The molecule has 2 aromatic rings. The number of nitrogens with zero attached hydrogens (tertiary/aromatic N) is 1. The largest absolute Gasteiger partial charge is 0.465 e. The highest BCUT2D eigenvalue weighted by atomic mass is 16.5. The molecule has 3 aliphatic heterocycles. The van der Waals surface area contributed by atoms with E-state index in [1.54, 1.807) is 0 Å². The molecule has 0 saturated carbocycles. The number of cyclic esters (lactones) is 1. The number of benzene rings is 1. The van der Waals surface area contributed by atoms with Gasteiger partial charge in [0.15, 0.2) is 0 Å². The standard InChI is InChI=1S/C18H20N2O3/c21-14-6-9-20-8-5-12-11-3-1-2-4-13(11)19-15(12)16(20)18(14)7-10-23-17(18)22/h1-4,14,16,19,21H,5-10H2/t14-,16+,18-/m0/s1. The van der Waals surface area contributed by atoms with Gasteiger partial charge in [0, 0.05) is 36.1 Å². The lowest BCUT2D eigenvalue weighted by Crippen LogP contribution is -2.58. The number of hydrogen-bond donors (Lipinski definition) is 2. The van der Waals surface area contributed by atoms with Gasteiger partial charge in [-0.05, 0) is 24.5 Å². The summed E-state index contributed by atoms with van der Waals surface area (Å²) in [5.41, 5.74) is 2.71. The van der Waals surface area contributed by atoms with Crippen LogP contribution in [0.5, 0.6) is 0 Å². The molecule has 2 N–H and O–H groups in total. The smallest absolute Gasteiger partial charge is 0.316 e. The maximum absolute atomic E-state index is 12.6. The summed E-state index contributed by atoms with van der Waals surface area (Å²) in [6, 6.07) is 8.20. The highest BCUT2D eigenvalue weighted by molar-refractivity contribution is 5.87. The fraction of sp³-hybridized carbons (Fsp3) is 0.500. The molecular formula is C18H20N2O3. The molecule has 23 heavy (non-hydrogen) atoms. The maximum atomic E-state index is 12.6. The molecule has 3 aliphatic rings. The number of piperidine rings is 1. The van der Waals surface area contributed by atoms with E-state index in [1.807, 2.05) is 6.07 Å². The van der Waals surface area contributed by atoms with Crippen molar-refractivity contribution in [3.63, 3.8) is 0 Å². The Kier molecular flexibility index (Phi) is 2.71. The van der Waals surface area contributed by atoms with Crippen molar-refractivity contribution in [2.75, 3.05) is 19.7 Å². The monoisotopic (exact) mass is 312 g/mol. The normalized spacial score (nSPS) is 33.7. The minimum Gasteiger partial charge on any atom is -0.465 e. The number of rotatable bonds is 0. The van der Waals surface area contributed by atoms with Gasteiger partial charge in [0.25, 0.3) is 0 Å². The molecule has 2 fully saturated rings. The summed E-state index contributed by atoms with van der Waals surface area (Å²) in [6.45, 7) is 2.17. The number of nitrogens with one attached hydrogen (secondary N) is 1. The number of fused-ring (bicyclic) bond motifs is 6. The van der Waals surface area contributed by atoms with Gasteiger partial charge < -0.3 is 14.8 Å². The predicted octanol–water partition coefficient (Wildman–Crippen LogP) is 1.76. The molecule has 2 saturated heterocycles. The molecule has 1 spiro atoms. The summed E-state index contributed by atoms with van der Waals surface area (Å²) in [6.07, 6.45) is 1.59. The van der Waals surface area contributed by atoms with Crippen LogP contribution in [0, 0.1) is 5.41 Å². The Bertz CT molecular complexity index is 799. The van der Waals surface area contributed by atoms with Crippen molar-refractivity contribution in [2.45, 2.75) is 31.4 Å². The van der Waals surface area contributed by atoms with Crippen molar-refractivity contribution < 1.29 is 14.6 Å². The number of aliphatic hydroxyl groups is 1. The zero-order valence-corrected chi connectivity index (χ0v) is 12.9. The van der Waals surface area contributed by atoms with Crippen molar-refractivity contribution in [2.24, 2.45) is 5.41 Å². The molecule has 4 heterocycles. The van der Waals surface area contributed by atoms with E-state index in [0.29, 0.717) is 19.4 Å². The first-order chi connectivity index (χ1) is 11.2. The molecule has 0 unspecified atom stereocenters. The molecule has 0 radical (unpaired) electrons. The van der Waals surface area contributed by atoms with Crippen molar-refractivity contribution in [1.29, 1.82) is 0 Å². The number of aromatic nitrogens is 1. The number of H-pyrrole nitrogens is 1. The lowest BCUT2D eigenvalue weighted by molar-refractivity contribution is -0.164. The van der Waals surface area contributed by atoms with E-state index in [4.69, 9.17) is 4.74 Å². The summed E-state index contributed by atoms with van der Waals surface area (Å²) >= 11 is 0. The van der Waals surface area contributed by atoms with Crippen LogP contribution < -0.4 is 0 Å². The molecule has 5 rings (SSSR count). The average Bonchev–Trinajstić information content (AvgIpc) is 3.12. The van der Waals surface area contributed by atoms with Crippen molar-refractivity contribution >= 4 is 16.9 Å². The van der Waals surface area contributed by atoms with Crippen LogP contribution in [0.4, 0.5) is 0 Å². The fourth-order valence-corrected chi connectivity index (χ4v) is 4.94. The Morgan fingerprint density at radius 1 is 1.30 bits per heavy atom. The van der Waals surface area contributed by atoms with Crippen LogP contribution in [0.25, 0.3) is 10.9 Å². The molecule has 0 bridgehead atoms. The van der Waals surface area contributed by atoms with Gasteiger partial charge in [-0.2, -0.15) is 0 Å². The van der Waals surface area contributed by atoms with Gasteiger partial charge in [-0.3, -0.25) is 9.69 Å². The summed E-state index contributed by atoms with van der Waals surface area (Å²) in [5.74, 6) is -0.230. The van der Waals surface area contributed by atoms with Crippen LogP contribution in [0.15, 0.2) is 24.3 Å². The molecule has 0 amide bonds. The second-order valence-corrected chi connectivity index (χ2v) is 6.98. The second kappa shape index (κ2) is 4.58. The second-order valence-electron chi connectivity index (χ2n) is 6.98. The molecule has 1 aromatic carbocycles. The first-order valence-electron chi connectivity index (χ1n) is 8.40. The Morgan fingerprint density at radius 3 is 3.00 bits per heavy atom. The summed E-state index contributed by atoms with van der Waals surface area (Å²) in [5, 5.41) is 12.0. The average molecular weight is 312 g/mol. The van der Waals surface area contributed by atoms with Crippen LogP contribution in [-0.4, -0.2) is 46.8 Å². The molecule has 0 aliphatic carbocycles. The lowest BCUT2D eigenvalue weighted by Gasteiger charge is -2.50. The number of para-hydroxylation sites is 1. The Labute approximate surface area is 134 Å². The third-order valence-electron chi connectivity index (χ3n) is 6.04. The minimum absolute atomic E-state index is 0.0996. The fourth-order valence-electron chi connectivity index (χ4n) is 4.94. The maximum Gasteiger partial charge on any atom is 0.316 e. The van der Waals surface area contributed by atoms with Gasteiger partial charge in [0.1, 0.15) is 5.41 Å². The quantitative estimate of drug-likeness (QED) is 0.728. The molecule has 5 heteroatoms. The zero-order chi connectivity index (χ0) is 15.6. The van der Waals surface area contributed by atoms with E-state index in [1.165, 1.54) is 10.9 Å². The summed E-state index contributed by atoms with van der Waals surface area (Å²) in [4.78, 5) is 18.5. The van der Waals surface area contributed by atoms with Crippen LogP contribution in [-0.2, 0) is 16.0 Å². The Morgan fingerprint density at radius 2 is 2.17 bits per heavy atom. The number of carbonyl (C=O) groups is 1. The van der Waals surface area contributed by atoms with Crippen LogP contribution in [0.3, 0.4) is 0 Å². The van der Waals surface area contributed by atoms with E-state index in [2.05, 4.69) is 28.1 Å². The molecule has 3 atom stereocenters. The number of carbonyl (C=O) groups excluding carboxylic acids is 1. The van der Waals surface area contributed by atoms with Crippen molar-refractivity contribution in [1.82, 2.24) is 9.88 Å². The van der Waals surface area contributed by atoms with Gasteiger partial charge in [-0.25, -0.2) is 0 Å². The first kappa shape index (κ1) is 13.6. The van der Waals surface area contributed by atoms with E-state index < -0.39 is 11.5 Å². The van der Waals surface area contributed by atoms with Gasteiger partial charge in [-0.15, -0.1) is 0 Å². The zero-order valence-electron chi connectivity index (χ0n) is 12.9. The van der Waals surface area contributed by atoms with Crippen LogP contribution >= 0.6 is 0 Å². The van der Waals surface area contributed by atoms with Crippen LogP contribution in [0.1, 0.15) is 30.1 Å². The number of aromatic amines is 1. The van der Waals surface area contributed by atoms with E-state index in [0.717, 1.165) is 30.7 Å². The molecular weight excluding hydrogens is 292 g/mol. The van der Waals surface area contributed by atoms with Crippen LogP contribution in [0.2, 0.25) is 0 Å². The third-order valence-corrected chi connectivity index (χ3v) is 6.04. The summed E-state index contributed by atoms with van der Waals surface area (Å²) < 4.78 is 5.32. The third kappa shape index (κ3) is 1.61. The minimum atomic E-state index is -0.811. The first-order valence-corrected chi connectivity index (χ1v) is 8.40. The van der Waals surface area contributed by atoms with E-state index in [9.17, 15) is 9.90 Å². The highest BCUT2D eigenvalue weighted by Gasteiger charge is 2.61. The van der Waals surface area contributed by atoms with E-state index in [-0.39, 0.29) is 12.0 Å². The van der Waals surface area contributed by atoms with Gasteiger partial charge >= 0.3 is 5.97 Å². The van der Waals surface area contributed by atoms with Gasteiger partial charge in [0.2, 0.25) is 0 Å². The number of aliphatic hydroxyl groups excluding tert-OH is 1. The molecule has 5 nitrogen and oxygen atoms in total. The topological polar surface area (TPSA) is 65.6 Å². The number of hydrogen-bond acceptors (Lipinski definition) is 4. The van der Waals surface area contributed by atoms with Gasteiger partial charge in [0.05, 0.1) is 18.8 Å². The number of esters is 1. The highest BCUT2D eigenvalue weighted by Crippen LogP contribution is 2.54. The predicted molar refractivity (Wildman–Crippen MR) is 84.9 cm³/mol. The SMILES string of the molecule is O=C1OCC[C@@]12[C@@H](O)CCN1CCc3c([nH]c4ccccc34)[C@@H]12. The van der Waals surface area contributed by atoms with E-state index >= 15 is 0 Å². The van der Waals surface area contributed by atoms with Crippen molar-refractivity contribution in [3.05, 3.63) is 35.5 Å².